The molecule has 0 atom stereocenters. The molecule has 152 valence electrons. The molecule has 0 unspecified atom stereocenters. The van der Waals surface area contributed by atoms with Crippen molar-refractivity contribution in [1.29, 1.82) is 0 Å². The molecule has 3 heterocycles. The summed E-state index contributed by atoms with van der Waals surface area (Å²) in [5.41, 5.74) is 3.49. The molecule has 0 fully saturated rings. The number of hydrogen-bond acceptors (Lipinski definition) is 6. The third-order valence-corrected chi connectivity index (χ3v) is 5.31. The number of anilines is 2. The molecule has 2 amide bonds. The van der Waals surface area contributed by atoms with Crippen molar-refractivity contribution in [1.82, 2.24) is 19.6 Å². The van der Waals surface area contributed by atoms with E-state index in [9.17, 15) is 14.4 Å². The van der Waals surface area contributed by atoms with E-state index in [1.165, 1.54) is 17.4 Å². The zero-order chi connectivity index (χ0) is 21.3. The van der Waals surface area contributed by atoms with Crippen molar-refractivity contribution < 1.29 is 9.59 Å². The molecule has 0 spiro atoms. The Kier molecular flexibility index (Phi) is 5.15. The number of rotatable bonds is 5. The van der Waals surface area contributed by atoms with Crippen LogP contribution in [0.15, 0.2) is 46.7 Å². The van der Waals surface area contributed by atoms with Crippen molar-refractivity contribution in [2.75, 3.05) is 10.6 Å². The van der Waals surface area contributed by atoms with Gasteiger partial charge < -0.3 is 5.32 Å². The Labute approximate surface area is 174 Å². The van der Waals surface area contributed by atoms with Crippen molar-refractivity contribution in [3.05, 3.63) is 74.8 Å². The van der Waals surface area contributed by atoms with Crippen LogP contribution in [-0.2, 0) is 11.2 Å². The van der Waals surface area contributed by atoms with Gasteiger partial charge in [0.05, 0.1) is 6.42 Å². The van der Waals surface area contributed by atoms with Crippen LogP contribution in [0, 0.1) is 13.8 Å². The molecule has 0 radical (unpaired) electrons. The number of carbonyl (C=O) groups excluding carboxylic acids is 2. The topological polar surface area (TPSA) is 121 Å². The average Bonchev–Trinajstić information content (AvgIpc) is 3.35. The molecule has 0 saturated heterocycles. The van der Waals surface area contributed by atoms with Gasteiger partial charge in [-0.2, -0.15) is 0 Å². The summed E-state index contributed by atoms with van der Waals surface area (Å²) in [6.45, 7) is 3.64. The van der Waals surface area contributed by atoms with Gasteiger partial charge in [0.25, 0.3) is 11.5 Å². The van der Waals surface area contributed by atoms with Crippen LogP contribution in [0.2, 0.25) is 0 Å². The van der Waals surface area contributed by atoms with E-state index >= 15 is 0 Å². The molecular weight excluding hydrogens is 404 g/mol. The van der Waals surface area contributed by atoms with Gasteiger partial charge in [-0.1, -0.05) is 0 Å². The van der Waals surface area contributed by atoms with E-state index in [4.69, 9.17) is 0 Å². The number of aromatic amines is 1. The van der Waals surface area contributed by atoms with Gasteiger partial charge in [0.15, 0.2) is 10.8 Å². The first-order chi connectivity index (χ1) is 14.4. The van der Waals surface area contributed by atoms with Crippen LogP contribution in [0.1, 0.15) is 27.3 Å². The third-order valence-electron chi connectivity index (χ3n) is 4.62. The molecule has 3 N–H and O–H groups in total. The molecule has 1 aromatic carbocycles. The highest BCUT2D eigenvalue weighted by molar-refractivity contribution is 7.13. The summed E-state index contributed by atoms with van der Waals surface area (Å²) < 4.78 is 1.58. The smallest absolute Gasteiger partial charge is 0.266 e. The second-order valence-electron chi connectivity index (χ2n) is 6.67. The molecule has 30 heavy (non-hydrogen) atoms. The minimum atomic E-state index is -0.269. The highest BCUT2D eigenvalue weighted by Crippen LogP contribution is 2.17. The number of aryl methyl sites for hydroxylation is 2. The van der Waals surface area contributed by atoms with Crippen LogP contribution in [-0.4, -0.2) is 31.4 Å². The molecule has 0 bridgehead atoms. The van der Waals surface area contributed by atoms with E-state index in [0.29, 0.717) is 27.7 Å². The zero-order valence-corrected chi connectivity index (χ0v) is 17.0. The number of hydrogen-bond donors (Lipinski definition) is 3. The quantitative estimate of drug-likeness (QED) is 0.456. The number of thiazole rings is 1. The van der Waals surface area contributed by atoms with E-state index in [2.05, 4.69) is 25.7 Å². The zero-order valence-electron chi connectivity index (χ0n) is 16.2. The van der Waals surface area contributed by atoms with Crippen LogP contribution >= 0.6 is 11.3 Å². The average molecular weight is 422 g/mol. The monoisotopic (exact) mass is 422 g/mol. The number of nitrogens with zero attached hydrogens (tertiary/aromatic N) is 3. The van der Waals surface area contributed by atoms with Gasteiger partial charge in [0.1, 0.15) is 0 Å². The van der Waals surface area contributed by atoms with Gasteiger partial charge in [-0.15, -0.1) is 11.3 Å². The Hall–Kier alpha value is -3.79. The van der Waals surface area contributed by atoms with E-state index < -0.39 is 0 Å². The Balaban J connectivity index is 1.45. The predicted molar refractivity (Wildman–Crippen MR) is 114 cm³/mol. The second kappa shape index (κ2) is 7.91. The fourth-order valence-corrected chi connectivity index (χ4v) is 3.66. The first-order valence-corrected chi connectivity index (χ1v) is 9.97. The molecule has 4 aromatic rings. The first kappa shape index (κ1) is 19.5. The van der Waals surface area contributed by atoms with Crippen molar-refractivity contribution in [2.24, 2.45) is 0 Å². The molecule has 0 saturated carbocycles. The summed E-state index contributed by atoms with van der Waals surface area (Å²) in [6, 6.07) is 8.01. The molecule has 0 aliphatic heterocycles. The number of aromatic nitrogens is 4. The normalized spacial score (nSPS) is 10.9. The lowest BCUT2D eigenvalue weighted by Crippen LogP contribution is -2.18. The van der Waals surface area contributed by atoms with Crippen molar-refractivity contribution in [2.45, 2.75) is 20.3 Å². The standard InChI is InChI=1S/C20H18N6O3S/c1-11-15(12(2)26-16(22-11)10-18(28)25-26)9-17(27)23-14-5-3-13(4-6-14)19(29)24-20-21-7-8-30-20/h3-8,10H,9H2,1-2H3,(H,23,27)(H,25,28)(H,21,24,29). The molecule has 0 aliphatic rings. The fourth-order valence-electron chi connectivity index (χ4n) is 3.14. The molecule has 4 rings (SSSR count). The first-order valence-electron chi connectivity index (χ1n) is 9.09. The number of nitrogens with one attached hydrogen (secondary N) is 3. The molecule has 3 aromatic heterocycles. The van der Waals surface area contributed by atoms with Gasteiger partial charge in [-0.05, 0) is 38.1 Å². The maximum absolute atomic E-state index is 12.6. The van der Waals surface area contributed by atoms with Crippen molar-refractivity contribution in [3.63, 3.8) is 0 Å². The number of amides is 2. The van der Waals surface area contributed by atoms with Crippen molar-refractivity contribution >= 4 is 39.6 Å². The maximum Gasteiger partial charge on any atom is 0.266 e. The summed E-state index contributed by atoms with van der Waals surface area (Å²) in [4.78, 5) is 44.7. The summed E-state index contributed by atoms with van der Waals surface area (Å²) in [5, 5.41) is 10.5. The summed E-state index contributed by atoms with van der Waals surface area (Å²) in [6.07, 6.45) is 1.72. The van der Waals surface area contributed by atoms with E-state index in [1.54, 1.807) is 40.4 Å². The third kappa shape index (κ3) is 3.98. The van der Waals surface area contributed by atoms with Crippen LogP contribution in [0.3, 0.4) is 0 Å². The highest BCUT2D eigenvalue weighted by Gasteiger charge is 2.15. The number of fused-ring (bicyclic) bond motifs is 1. The molecule has 9 nitrogen and oxygen atoms in total. The van der Waals surface area contributed by atoms with E-state index in [0.717, 1.165) is 11.3 Å². The minimum Gasteiger partial charge on any atom is -0.326 e. The maximum atomic E-state index is 12.6. The van der Waals surface area contributed by atoms with Gasteiger partial charge >= 0.3 is 0 Å². The molecule has 10 heteroatoms. The minimum absolute atomic E-state index is 0.104. The lowest BCUT2D eigenvalue weighted by Gasteiger charge is -2.12. The largest absolute Gasteiger partial charge is 0.326 e. The summed E-state index contributed by atoms with van der Waals surface area (Å²) >= 11 is 1.34. The Morgan fingerprint density at radius 3 is 2.63 bits per heavy atom. The highest BCUT2D eigenvalue weighted by atomic mass is 32.1. The van der Waals surface area contributed by atoms with Gasteiger partial charge in [0.2, 0.25) is 5.91 Å². The Morgan fingerprint density at radius 2 is 1.93 bits per heavy atom. The van der Waals surface area contributed by atoms with Gasteiger partial charge in [-0.25, -0.2) is 14.5 Å². The second-order valence-corrected chi connectivity index (χ2v) is 7.56. The van der Waals surface area contributed by atoms with Gasteiger partial charge in [-0.3, -0.25) is 24.8 Å². The lowest BCUT2D eigenvalue weighted by atomic mass is 10.1. The molecule has 0 aliphatic carbocycles. The lowest BCUT2D eigenvalue weighted by molar-refractivity contribution is -0.115. The van der Waals surface area contributed by atoms with Crippen molar-refractivity contribution in [3.8, 4) is 0 Å². The number of benzene rings is 1. The SMILES string of the molecule is Cc1nc2cc(=O)[nH]n2c(C)c1CC(=O)Nc1ccc(C(=O)Nc2nccs2)cc1. The van der Waals surface area contributed by atoms with E-state index in [-0.39, 0.29) is 23.8 Å². The van der Waals surface area contributed by atoms with E-state index in [1.807, 2.05) is 13.8 Å². The predicted octanol–water partition coefficient (Wildman–Crippen LogP) is 2.53. The van der Waals surface area contributed by atoms with Crippen LogP contribution in [0.25, 0.3) is 5.65 Å². The molecular formula is C20H18N6O3S. The van der Waals surface area contributed by atoms with Crippen LogP contribution < -0.4 is 16.2 Å². The summed E-state index contributed by atoms with van der Waals surface area (Å²) in [5.74, 6) is -0.494. The summed E-state index contributed by atoms with van der Waals surface area (Å²) in [7, 11) is 0. The van der Waals surface area contributed by atoms with Gasteiger partial charge in [0, 0.05) is 45.8 Å². The number of carbonyl (C=O) groups is 2. The fraction of sp³-hybridized carbons (Fsp3) is 0.150. The Bertz CT molecular complexity index is 1290. The number of H-pyrrole nitrogens is 1. The van der Waals surface area contributed by atoms with Crippen LogP contribution in [0.5, 0.6) is 0 Å². The van der Waals surface area contributed by atoms with Crippen LogP contribution in [0.4, 0.5) is 10.8 Å². The Morgan fingerprint density at radius 1 is 1.17 bits per heavy atom.